The number of hydrogen-bond acceptors (Lipinski definition) is 2. The molecule has 0 radical (unpaired) electrons. The molecule has 1 rings (SSSR count). The summed E-state index contributed by atoms with van der Waals surface area (Å²) in [6.07, 6.45) is -0.150. The van der Waals surface area contributed by atoms with Gasteiger partial charge < -0.3 is 9.47 Å². The third-order valence-electron chi connectivity index (χ3n) is 1.73. The van der Waals surface area contributed by atoms with Gasteiger partial charge in [-0.1, -0.05) is 0 Å². The van der Waals surface area contributed by atoms with Gasteiger partial charge in [0.1, 0.15) is 0 Å². The maximum absolute atomic E-state index is 14.0. The maximum atomic E-state index is 14.0. The Hall–Kier alpha value is -0.770. The number of benzene rings is 1. The first kappa shape index (κ1) is 13.3. The summed E-state index contributed by atoms with van der Waals surface area (Å²) in [5.74, 6) is -0.0428. The Kier molecular flexibility index (Phi) is 4.59. The van der Waals surface area contributed by atoms with Gasteiger partial charge in [-0.15, -0.1) is 0 Å². The Labute approximate surface area is 104 Å². The van der Waals surface area contributed by atoms with E-state index in [4.69, 9.17) is 9.47 Å². The van der Waals surface area contributed by atoms with Gasteiger partial charge in [0.15, 0.2) is 11.5 Å². The molecule has 0 aromatic heterocycles. The van der Waals surface area contributed by atoms with E-state index in [9.17, 15) is 4.39 Å². The first-order chi connectivity index (χ1) is 7.41. The summed E-state index contributed by atoms with van der Waals surface area (Å²) in [6.45, 7) is 7.40. The maximum Gasteiger partial charge on any atom is 0.208 e. The van der Waals surface area contributed by atoms with E-state index < -0.39 is 5.82 Å². The lowest BCUT2D eigenvalue weighted by Gasteiger charge is -2.16. The van der Waals surface area contributed by atoms with E-state index in [1.807, 2.05) is 27.7 Å². The lowest BCUT2D eigenvalue weighted by molar-refractivity contribution is 0.208. The first-order valence-corrected chi connectivity index (χ1v) is 6.02. The molecule has 16 heavy (non-hydrogen) atoms. The molecule has 0 amide bonds. The molecule has 1 aromatic rings. The summed E-state index contributed by atoms with van der Waals surface area (Å²) in [7, 11) is 0. The Morgan fingerprint density at radius 1 is 1.06 bits per heavy atom. The van der Waals surface area contributed by atoms with Crippen LogP contribution in [0.2, 0.25) is 0 Å². The molecule has 0 aliphatic carbocycles. The zero-order chi connectivity index (χ0) is 12.3. The van der Waals surface area contributed by atoms with Crippen LogP contribution >= 0.6 is 15.9 Å². The Morgan fingerprint density at radius 2 is 1.62 bits per heavy atom. The molecule has 0 unspecified atom stereocenters. The predicted octanol–water partition coefficient (Wildman–Crippen LogP) is 4.16. The van der Waals surface area contributed by atoms with E-state index in [0.717, 1.165) is 0 Å². The molecule has 0 N–H and O–H groups in total. The summed E-state index contributed by atoms with van der Waals surface area (Å²) in [5, 5.41) is 0. The molecule has 0 heterocycles. The van der Waals surface area contributed by atoms with Gasteiger partial charge in [0.2, 0.25) is 5.82 Å². The SMILES string of the molecule is CC(C)Oc1ccc(Br)c(OC(C)C)c1F. The standard InChI is InChI=1S/C12H16BrFO2/c1-7(2)15-10-6-5-9(13)12(11(10)14)16-8(3)4/h5-8H,1-4H3. The molecule has 0 bridgehead atoms. The largest absolute Gasteiger partial charge is 0.488 e. The van der Waals surface area contributed by atoms with Crippen LogP contribution in [-0.2, 0) is 0 Å². The lowest BCUT2D eigenvalue weighted by Crippen LogP contribution is -2.11. The number of halogens is 2. The highest BCUT2D eigenvalue weighted by Gasteiger charge is 2.16. The van der Waals surface area contributed by atoms with E-state index >= 15 is 0 Å². The van der Waals surface area contributed by atoms with Crippen molar-refractivity contribution in [1.82, 2.24) is 0 Å². The molecule has 0 fully saturated rings. The summed E-state index contributed by atoms with van der Waals surface area (Å²) >= 11 is 3.26. The van der Waals surface area contributed by atoms with Crippen LogP contribution in [0.4, 0.5) is 4.39 Å². The van der Waals surface area contributed by atoms with Crippen molar-refractivity contribution in [2.75, 3.05) is 0 Å². The van der Waals surface area contributed by atoms with Crippen molar-refractivity contribution in [2.24, 2.45) is 0 Å². The van der Waals surface area contributed by atoms with E-state index in [0.29, 0.717) is 4.47 Å². The zero-order valence-electron chi connectivity index (χ0n) is 9.88. The molecular formula is C12H16BrFO2. The Morgan fingerprint density at radius 3 is 2.12 bits per heavy atom. The van der Waals surface area contributed by atoms with Crippen LogP contribution in [-0.4, -0.2) is 12.2 Å². The molecule has 1 aromatic carbocycles. The zero-order valence-corrected chi connectivity index (χ0v) is 11.5. The quantitative estimate of drug-likeness (QED) is 0.829. The average Bonchev–Trinajstić information content (AvgIpc) is 2.16. The van der Waals surface area contributed by atoms with E-state index in [1.165, 1.54) is 0 Å². The number of hydrogen-bond donors (Lipinski definition) is 0. The molecule has 0 aliphatic rings. The molecule has 0 aliphatic heterocycles. The fraction of sp³-hybridized carbons (Fsp3) is 0.500. The van der Waals surface area contributed by atoms with Gasteiger partial charge in [0.05, 0.1) is 16.7 Å². The normalized spacial score (nSPS) is 11.0. The van der Waals surface area contributed by atoms with E-state index in [-0.39, 0.29) is 23.7 Å². The van der Waals surface area contributed by atoms with Crippen molar-refractivity contribution in [2.45, 2.75) is 39.9 Å². The van der Waals surface area contributed by atoms with Gasteiger partial charge in [-0.25, -0.2) is 0 Å². The molecule has 90 valence electrons. The van der Waals surface area contributed by atoms with Crippen molar-refractivity contribution >= 4 is 15.9 Å². The second-order valence-corrected chi connectivity index (χ2v) is 4.88. The van der Waals surface area contributed by atoms with Gasteiger partial charge in [-0.3, -0.25) is 0 Å². The van der Waals surface area contributed by atoms with Crippen molar-refractivity contribution < 1.29 is 13.9 Å². The molecule has 0 spiro atoms. The van der Waals surface area contributed by atoms with Crippen LogP contribution in [0, 0.1) is 5.82 Å². The Bertz CT molecular complexity index is 364. The van der Waals surface area contributed by atoms with Crippen molar-refractivity contribution in [3.8, 4) is 11.5 Å². The molecule has 4 heteroatoms. The smallest absolute Gasteiger partial charge is 0.208 e. The van der Waals surface area contributed by atoms with E-state index in [2.05, 4.69) is 15.9 Å². The van der Waals surface area contributed by atoms with Gasteiger partial charge in [-0.2, -0.15) is 4.39 Å². The van der Waals surface area contributed by atoms with Gasteiger partial charge in [-0.05, 0) is 55.8 Å². The molecule has 0 saturated heterocycles. The fourth-order valence-electron chi connectivity index (χ4n) is 1.20. The van der Waals surface area contributed by atoms with Gasteiger partial charge >= 0.3 is 0 Å². The molecular weight excluding hydrogens is 275 g/mol. The second-order valence-electron chi connectivity index (χ2n) is 4.02. The molecule has 2 nitrogen and oxygen atoms in total. The minimum Gasteiger partial charge on any atom is -0.488 e. The minimum atomic E-state index is -0.461. The van der Waals surface area contributed by atoms with Crippen molar-refractivity contribution in [3.05, 3.63) is 22.4 Å². The highest BCUT2D eigenvalue weighted by Crippen LogP contribution is 2.35. The third-order valence-corrected chi connectivity index (χ3v) is 2.35. The summed E-state index contributed by atoms with van der Waals surface area (Å²) in [6, 6.07) is 3.31. The minimum absolute atomic E-state index is 0.0671. The number of ether oxygens (including phenoxy) is 2. The highest BCUT2D eigenvalue weighted by molar-refractivity contribution is 9.10. The Balaban J connectivity index is 3.06. The summed E-state index contributed by atoms with van der Waals surface area (Å²) in [5.41, 5.74) is 0. The molecule has 0 saturated carbocycles. The topological polar surface area (TPSA) is 18.5 Å². The van der Waals surface area contributed by atoms with Crippen LogP contribution < -0.4 is 9.47 Å². The van der Waals surface area contributed by atoms with Crippen LogP contribution in [0.15, 0.2) is 16.6 Å². The lowest BCUT2D eigenvalue weighted by atomic mass is 10.3. The van der Waals surface area contributed by atoms with Gasteiger partial charge in [0, 0.05) is 0 Å². The van der Waals surface area contributed by atoms with Crippen molar-refractivity contribution in [3.63, 3.8) is 0 Å². The third kappa shape index (κ3) is 3.37. The van der Waals surface area contributed by atoms with E-state index in [1.54, 1.807) is 12.1 Å². The monoisotopic (exact) mass is 290 g/mol. The average molecular weight is 291 g/mol. The fourth-order valence-corrected chi connectivity index (χ4v) is 1.60. The van der Waals surface area contributed by atoms with Gasteiger partial charge in [0.25, 0.3) is 0 Å². The second kappa shape index (κ2) is 5.53. The summed E-state index contributed by atoms with van der Waals surface area (Å²) < 4.78 is 25.3. The summed E-state index contributed by atoms with van der Waals surface area (Å²) in [4.78, 5) is 0. The van der Waals surface area contributed by atoms with Crippen molar-refractivity contribution in [1.29, 1.82) is 0 Å². The molecule has 0 atom stereocenters. The first-order valence-electron chi connectivity index (χ1n) is 5.23. The van der Waals surface area contributed by atoms with Crippen LogP contribution in [0.1, 0.15) is 27.7 Å². The van der Waals surface area contributed by atoms with Crippen LogP contribution in [0.3, 0.4) is 0 Å². The van der Waals surface area contributed by atoms with Crippen LogP contribution in [0.5, 0.6) is 11.5 Å². The van der Waals surface area contributed by atoms with Crippen LogP contribution in [0.25, 0.3) is 0 Å². The highest BCUT2D eigenvalue weighted by atomic mass is 79.9. The number of rotatable bonds is 4. The predicted molar refractivity (Wildman–Crippen MR) is 65.6 cm³/mol.